The summed E-state index contributed by atoms with van der Waals surface area (Å²) in [6.07, 6.45) is 3.08. The van der Waals surface area contributed by atoms with Crippen molar-refractivity contribution in [3.63, 3.8) is 0 Å². The van der Waals surface area contributed by atoms with Crippen molar-refractivity contribution in [2.24, 2.45) is 5.73 Å². The Morgan fingerprint density at radius 1 is 1.07 bits per heavy atom. The molecule has 2 aromatic rings. The van der Waals surface area contributed by atoms with Crippen LogP contribution in [0.15, 0.2) is 36.9 Å². The molecular weight excluding hydrogens is 367 g/mol. The van der Waals surface area contributed by atoms with E-state index in [0.29, 0.717) is 0 Å². The van der Waals surface area contributed by atoms with Crippen LogP contribution >= 0.6 is 7.82 Å². The molecule has 0 unspecified atom stereocenters. The SMILES string of the molecule is CC(C)(C)OP(=O)(OC[C@H](N)c1ccc(-n2cncn2)cc1)OC(C)(C)C. The zero-order valence-electron chi connectivity index (χ0n) is 16.7. The van der Waals surface area contributed by atoms with Gasteiger partial charge in [-0.15, -0.1) is 0 Å². The van der Waals surface area contributed by atoms with E-state index in [2.05, 4.69) is 10.1 Å². The summed E-state index contributed by atoms with van der Waals surface area (Å²) in [7, 11) is -3.79. The van der Waals surface area contributed by atoms with Gasteiger partial charge < -0.3 is 5.73 Å². The van der Waals surface area contributed by atoms with E-state index < -0.39 is 25.1 Å². The fourth-order valence-electron chi connectivity index (χ4n) is 2.23. The Hall–Kier alpha value is -1.57. The predicted molar refractivity (Wildman–Crippen MR) is 104 cm³/mol. The lowest BCUT2D eigenvalue weighted by Crippen LogP contribution is -2.26. The zero-order chi connectivity index (χ0) is 20.3. The van der Waals surface area contributed by atoms with Crippen LogP contribution in [0.5, 0.6) is 0 Å². The van der Waals surface area contributed by atoms with Gasteiger partial charge in [0.25, 0.3) is 0 Å². The van der Waals surface area contributed by atoms with Crippen LogP contribution in [0, 0.1) is 0 Å². The fourth-order valence-corrected chi connectivity index (χ4v) is 4.05. The molecule has 0 saturated heterocycles. The Bertz CT molecular complexity index is 744. The van der Waals surface area contributed by atoms with E-state index in [4.69, 9.17) is 19.3 Å². The maximum absolute atomic E-state index is 13.0. The van der Waals surface area contributed by atoms with E-state index in [1.54, 1.807) is 52.6 Å². The highest BCUT2D eigenvalue weighted by atomic mass is 31.2. The van der Waals surface area contributed by atoms with Gasteiger partial charge >= 0.3 is 7.82 Å². The van der Waals surface area contributed by atoms with E-state index in [9.17, 15) is 4.57 Å². The predicted octanol–water partition coefficient (Wildman–Crippen LogP) is 4.02. The molecule has 2 N–H and O–H groups in total. The van der Waals surface area contributed by atoms with Crippen LogP contribution in [-0.4, -0.2) is 32.6 Å². The van der Waals surface area contributed by atoms with Gasteiger partial charge in [0.1, 0.15) is 12.7 Å². The van der Waals surface area contributed by atoms with Crippen molar-refractivity contribution in [2.75, 3.05) is 6.61 Å². The number of nitrogens with two attached hydrogens (primary N) is 1. The third kappa shape index (κ3) is 7.16. The number of hydrogen-bond acceptors (Lipinski definition) is 7. The third-order valence-electron chi connectivity index (χ3n) is 3.19. The van der Waals surface area contributed by atoms with Crippen LogP contribution in [0.1, 0.15) is 53.1 Å². The zero-order valence-corrected chi connectivity index (χ0v) is 17.6. The molecule has 0 radical (unpaired) electrons. The molecule has 0 spiro atoms. The van der Waals surface area contributed by atoms with Crippen molar-refractivity contribution in [3.05, 3.63) is 42.5 Å². The third-order valence-corrected chi connectivity index (χ3v) is 5.20. The van der Waals surface area contributed by atoms with Gasteiger partial charge in [-0.3, -0.25) is 13.6 Å². The number of aromatic nitrogens is 3. The van der Waals surface area contributed by atoms with Gasteiger partial charge in [-0.1, -0.05) is 12.1 Å². The Kier molecular flexibility index (Phi) is 6.60. The molecule has 0 aliphatic rings. The van der Waals surface area contributed by atoms with Crippen molar-refractivity contribution < 1.29 is 18.1 Å². The van der Waals surface area contributed by atoms with Crippen LogP contribution < -0.4 is 5.73 Å². The number of hydrogen-bond donors (Lipinski definition) is 1. The maximum Gasteiger partial charge on any atom is 0.475 e. The monoisotopic (exact) mass is 396 g/mol. The summed E-state index contributed by atoms with van der Waals surface area (Å²) in [5.41, 5.74) is 6.52. The van der Waals surface area contributed by atoms with Gasteiger partial charge in [0, 0.05) is 0 Å². The molecule has 1 heterocycles. The second kappa shape index (κ2) is 8.20. The quantitative estimate of drug-likeness (QED) is 0.705. The van der Waals surface area contributed by atoms with Crippen LogP contribution in [0.4, 0.5) is 0 Å². The Labute approximate surface area is 160 Å². The largest absolute Gasteiger partial charge is 0.475 e. The summed E-state index contributed by atoms with van der Waals surface area (Å²) in [6, 6.07) is 6.99. The van der Waals surface area contributed by atoms with E-state index in [1.807, 2.05) is 24.3 Å². The van der Waals surface area contributed by atoms with Crippen molar-refractivity contribution in [3.8, 4) is 5.69 Å². The molecule has 150 valence electrons. The summed E-state index contributed by atoms with van der Waals surface area (Å²) < 4.78 is 31.4. The average molecular weight is 396 g/mol. The second-order valence-electron chi connectivity index (χ2n) is 8.19. The van der Waals surface area contributed by atoms with Crippen molar-refractivity contribution >= 4 is 7.82 Å². The average Bonchev–Trinajstić information content (AvgIpc) is 3.03. The first-order chi connectivity index (χ1) is 12.4. The second-order valence-corrected chi connectivity index (χ2v) is 9.71. The smallest absolute Gasteiger partial charge is 0.322 e. The highest BCUT2D eigenvalue weighted by Gasteiger charge is 2.37. The van der Waals surface area contributed by atoms with Gasteiger partial charge in [0.2, 0.25) is 0 Å². The molecule has 8 nitrogen and oxygen atoms in total. The first-order valence-electron chi connectivity index (χ1n) is 8.74. The van der Waals surface area contributed by atoms with Crippen LogP contribution in [-0.2, 0) is 18.1 Å². The molecule has 2 rings (SSSR count). The van der Waals surface area contributed by atoms with Gasteiger partial charge in [0.05, 0.1) is 29.5 Å². The highest BCUT2D eigenvalue weighted by molar-refractivity contribution is 7.48. The minimum atomic E-state index is -3.79. The number of nitrogens with zero attached hydrogens (tertiary/aromatic N) is 3. The maximum atomic E-state index is 13.0. The summed E-state index contributed by atoms with van der Waals surface area (Å²) in [6.45, 7) is 10.7. The number of phosphoric acid groups is 1. The first kappa shape index (κ1) is 21.7. The van der Waals surface area contributed by atoms with Crippen LogP contribution in [0.2, 0.25) is 0 Å². The molecule has 9 heteroatoms. The molecule has 27 heavy (non-hydrogen) atoms. The van der Waals surface area contributed by atoms with E-state index in [-0.39, 0.29) is 6.61 Å². The summed E-state index contributed by atoms with van der Waals surface area (Å²) in [5, 5.41) is 4.08. The fraction of sp³-hybridized carbons (Fsp3) is 0.556. The lowest BCUT2D eigenvalue weighted by molar-refractivity contribution is 0.00178. The topological polar surface area (TPSA) is 101 Å². The van der Waals surface area contributed by atoms with Gasteiger partial charge in [0.15, 0.2) is 0 Å². The molecule has 0 aliphatic heterocycles. The molecule has 0 aliphatic carbocycles. The Balaban J connectivity index is 2.06. The van der Waals surface area contributed by atoms with Gasteiger partial charge in [-0.2, -0.15) is 5.10 Å². The van der Waals surface area contributed by atoms with Crippen molar-refractivity contribution in [1.29, 1.82) is 0 Å². The molecular formula is C18H29N4O4P. The molecule has 0 amide bonds. The van der Waals surface area contributed by atoms with E-state index >= 15 is 0 Å². The number of benzene rings is 1. The number of rotatable bonds is 7. The van der Waals surface area contributed by atoms with Crippen LogP contribution in [0.3, 0.4) is 0 Å². The molecule has 1 atom stereocenters. The lowest BCUT2D eigenvalue weighted by atomic mass is 10.1. The number of phosphoric ester groups is 1. The van der Waals surface area contributed by atoms with Gasteiger partial charge in [-0.05, 0) is 59.2 Å². The minimum Gasteiger partial charge on any atom is -0.322 e. The molecule has 0 fully saturated rings. The highest BCUT2D eigenvalue weighted by Crippen LogP contribution is 2.55. The molecule has 0 bridgehead atoms. The Morgan fingerprint density at radius 3 is 2.07 bits per heavy atom. The summed E-state index contributed by atoms with van der Waals surface area (Å²) >= 11 is 0. The van der Waals surface area contributed by atoms with Gasteiger partial charge in [-0.25, -0.2) is 14.2 Å². The standard InChI is InChI=1S/C18H29N4O4P/c1-17(2,3)25-27(23,26-18(4,5)6)24-11-16(19)14-7-9-15(10-8-14)22-13-20-12-21-22/h7-10,12-13,16H,11,19H2,1-6H3/t16-/m0/s1. The van der Waals surface area contributed by atoms with Crippen LogP contribution in [0.25, 0.3) is 5.69 Å². The van der Waals surface area contributed by atoms with E-state index in [1.165, 1.54) is 6.33 Å². The molecule has 0 saturated carbocycles. The molecule has 1 aromatic heterocycles. The summed E-state index contributed by atoms with van der Waals surface area (Å²) in [4.78, 5) is 3.92. The molecule has 1 aromatic carbocycles. The lowest BCUT2D eigenvalue weighted by Gasteiger charge is -2.31. The summed E-state index contributed by atoms with van der Waals surface area (Å²) in [5.74, 6) is 0. The van der Waals surface area contributed by atoms with Crippen molar-refractivity contribution in [2.45, 2.75) is 58.8 Å². The van der Waals surface area contributed by atoms with E-state index in [0.717, 1.165) is 11.3 Å². The Morgan fingerprint density at radius 2 is 1.63 bits per heavy atom. The normalized spacial score (nSPS) is 14.3. The van der Waals surface area contributed by atoms with Crippen molar-refractivity contribution in [1.82, 2.24) is 14.8 Å². The minimum absolute atomic E-state index is 0.00783. The first-order valence-corrected chi connectivity index (χ1v) is 10.2.